The second-order valence-corrected chi connectivity index (χ2v) is 7.71. The quantitative estimate of drug-likeness (QED) is 0.303. The minimum absolute atomic E-state index is 0. The lowest BCUT2D eigenvalue weighted by Crippen LogP contribution is -2.19. The van der Waals surface area contributed by atoms with E-state index < -0.39 is 11.9 Å². The van der Waals surface area contributed by atoms with Crippen molar-refractivity contribution in [3.8, 4) is 5.75 Å². The van der Waals surface area contributed by atoms with Crippen molar-refractivity contribution in [2.24, 2.45) is 5.73 Å². The van der Waals surface area contributed by atoms with Crippen molar-refractivity contribution in [1.29, 1.82) is 5.41 Å². The number of carboxylic acids is 1. The van der Waals surface area contributed by atoms with Gasteiger partial charge in [-0.25, -0.2) is 0 Å². The van der Waals surface area contributed by atoms with Crippen LogP contribution in [0, 0.1) is 5.41 Å². The van der Waals surface area contributed by atoms with E-state index in [1.807, 2.05) is 60.7 Å². The van der Waals surface area contributed by atoms with Gasteiger partial charge in [-0.1, -0.05) is 42.5 Å². The molecule has 0 spiro atoms. The molecule has 0 aromatic heterocycles. The van der Waals surface area contributed by atoms with Crippen molar-refractivity contribution in [2.45, 2.75) is 24.9 Å². The first-order valence-electron chi connectivity index (χ1n) is 10.1. The summed E-state index contributed by atoms with van der Waals surface area (Å²) in [5, 5.41) is 22.7. The van der Waals surface area contributed by atoms with Crippen LogP contribution in [0.15, 0.2) is 60.7 Å². The van der Waals surface area contributed by atoms with E-state index in [0.717, 1.165) is 47.2 Å². The second kappa shape index (κ2) is 11.2. The fraction of sp³-hybridized carbons (Fsp3) is 0.250. The third kappa shape index (κ3) is 5.91. The zero-order valence-corrected chi connectivity index (χ0v) is 19.0. The van der Waals surface area contributed by atoms with E-state index in [1.165, 1.54) is 0 Å². The van der Waals surface area contributed by atoms with Crippen molar-refractivity contribution < 1.29 is 14.6 Å². The van der Waals surface area contributed by atoms with E-state index in [2.05, 4.69) is 5.32 Å². The molecule has 0 aliphatic carbocycles. The molecule has 3 aromatic rings. The molecule has 0 unspecified atom stereocenters. The summed E-state index contributed by atoms with van der Waals surface area (Å²) < 4.78 is 5.93. The molecule has 0 bridgehead atoms. The largest absolute Gasteiger partial charge is 0.489 e. The van der Waals surface area contributed by atoms with Crippen molar-refractivity contribution in [2.75, 3.05) is 13.1 Å². The number of carbonyl (C=O) groups is 1. The Morgan fingerprint density at radius 2 is 1.81 bits per heavy atom. The average molecular weight is 476 g/mol. The van der Waals surface area contributed by atoms with Gasteiger partial charge in [-0.2, -0.15) is 0 Å². The molecule has 3 aromatic carbocycles. The van der Waals surface area contributed by atoms with Gasteiger partial charge >= 0.3 is 5.97 Å². The Labute approximate surface area is 199 Å². The van der Waals surface area contributed by atoms with Gasteiger partial charge in [-0.3, -0.25) is 10.2 Å². The molecule has 6 nitrogen and oxygen atoms in total. The highest BCUT2D eigenvalue weighted by molar-refractivity contribution is 5.99. The van der Waals surface area contributed by atoms with E-state index in [4.69, 9.17) is 15.9 Å². The molecular weight excluding hydrogens is 449 g/mol. The lowest BCUT2D eigenvalue weighted by atomic mass is 9.91. The Hall–Kier alpha value is -2.80. The number of hydrogen-bond donors (Lipinski definition) is 4. The third-order valence-electron chi connectivity index (χ3n) is 5.55. The van der Waals surface area contributed by atoms with Crippen LogP contribution in [0.5, 0.6) is 5.75 Å². The standard InChI is InChI=1S/C24H25N3O3.2ClH/c25-23(26)18-4-3-16-2-1-15(11-19(16)13-18)12-22(24(28)29)17-5-7-20(8-6-17)30-21-9-10-27-14-21;;/h1-8,11,13,21-22,27H,9-10,12,14H2,(H3,25,26)(H,28,29);2*1H/t21-,22-;;/m0../s1. The summed E-state index contributed by atoms with van der Waals surface area (Å²) in [4.78, 5) is 12.0. The molecule has 0 saturated carbocycles. The first kappa shape index (κ1) is 25.5. The van der Waals surface area contributed by atoms with Crippen LogP contribution in [-0.2, 0) is 11.2 Å². The van der Waals surface area contributed by atoms with Crippen LogP contribution in [-0.4, -0.2) is 36.1 Å². The SMILES string of the molecule is Cl.Cl.N=C(N)c1ccc2ccc(C[C@H](C(=O)O)c3ccc(O[C@H]4CCNC4)cc3)cc2c1. The van der Waals surface area contributed by atoms with Gasteiger partial charge in [-0.05, 0) is 59.5 Å². The summed E-state index contributed by atoms with van der Waals surface area (Å²) >= 11 is 0. The molecule has 170 valence electrons. The van der Waals surface area contributed by atoms with Gasteiger partial charge in [0.25, 0.3) is 0 Å². The van der Waals surface area contributed by atoms with Crippen LogP contribution in [0.2, 0.25) is 0 Å². The highest BCUT2D eigenvalue weighted by Gasteiger charge is 2.21. The predicted octanol–water partition coefficient (Wildman–Crippen LogP) is 4.12. The van der Waals surface area contributed by atoms with Crippen molar-refractivity contribution in [3.05, 3.63) is 77.4 Å². The monoisotopic (exact) mass is 475 g/mol. The van der Waals surface area contributed by atoms with Crippen LogP contribution in [0.1, 0.15) is 29.0 Å². The number of halogens is 2. The number of nitrogens with two attached hydrogens (primary N) is 1. The summed E-state index contributed by atoms with van der Waals surface area (Å²) in [6, 6.07) is 18.9. The number of ether oxygens (including phenoxy) is 1. The Morgan fingerprint density at radius 1 is 1.09 bits per heavy atom. The summed E-state index contributed by atoms with van der Waals surface area (Å²) in [5.74, 6) is -0.734. The molecule has 2 atom stereocenters. The number of carboxylic acid groups (broad SMARTS) is 1. The summed E-state index contributed by atoms with van der Waals surface area (Å²) in [7, 11) is 0. The normalized spacial score (nSPS) is 15.9. The molecular formula is C24H27Cl2N3O3. The number of nitrogen functional groups attached to an aromatic ring is 1. The lowest BCUT2D eigenvalue weighted by Gasteiger charge is -2.16. The Balaban J connectivity index is 0.00000181. The first-order valence-corrected chi connectivity index (χ1v) is 10.1. The van der Waals surface area contributed by atoms with Gasteiger partial charge in [0.05, 0.1) is 5.92 Å². The average Bonchev–Trinajstić information content (AvgIpc) is 3.25. The number of aliphatic carboxylic acids is 1. The maximum absolute atomic E-state index is 12.0. The second-order valence-electron chi connectivity index (χ2n) is 7.71. The van der Waals surface area contributed by atoms with Crippen LogP contribution in [0.4, 0.5) is 0 Å². The number of nitrogens with one attached hydrogen (secondary N) is 2. The third-order valence-corrected chi connectivity index (χ3v) is 5.55. The number of rotatable bonds is 7. The van der Waals surface area contributed by atoms with Gasteiger partial charge in [0.15, 0.2) is 0 Å². The van der Waals surface area contributed by atoms with Gasteiger partial charge < -0.3 is 20.9 Å². The summed E-state index contributed by atoms with van der Waals surface area (Å²) in [6.07, 6.45) is 1.53. The maximum atomic E-state index is 12.0. The molecule has 1 fully saturated rings. The molecule has 1 aliphatic heterocycles. The molecule has 1 heterocycles. The van der Waals surface area contributed by atoms with E-state index in [1.54, 1.807) is 0 Å². The molecule has 0 radical (unpaired) electrons. The smallest absolute Gasteiger partial charge is 0.311 e. The fourth-order valence-corrected chi connectivity index (χ4v) is 3.87. The van der Waals surface area contributed by atoms with Crippen LogP contribution in [0.3, 0.4) is 0 Å². The van der Waals surface area contributed by atoms with Crippen LogP contribution in [0.25, 0.3) is 10.8 Å². The molecule has 1 aliphatic rings. The zero-order valence-electron chi connectivity index (χ0n) is 17.4. The molecule has 4 rings (SSSR count). The Morgan fingerprint density at radius 3 is 2.44 bits per heavy atom. The zero-order chi connectivity index (χ0) is 21.1. The highest BCUT2D eigenvalue weighted by atomic mass is 35.5. The topological polar surface area (TPSA) is 108 Å². The van der Waals surface area contributed by atoms with E-state index in [9.17, 15) is 9.90 Å². The number of amidine groups is 1. The molecule has 0 amide bonds. The first-order chi connectivity index (χ1) is 14.5. The number of hydrogen-bond acceptors (Lipinski definition) is 4. The van der Waals surface area contributed by atoms with Crippen LogP contribution < -0.4 is 15.8 Å². The van der Waals surface area contributed by atoms with E-state index in [-0.39, 0.29) is 36.8 Å². The Bertz CT molecular complexity index is 1080. The van der Waals surface area contributed by atoms with Gasteiger partial charge in [0, 0.05) is 12.1 Å². The summed E-state index contributed by atoms with van der Waals surface area (Å²) in [6.45, 7) is 1.80. The van der Waals surface area contributed by atoms with Gasteiger partial charge in [-0.15, -0.1) is 24.8 Å². The van der Waals surface area contributed by atoms with Crippen molar-refractivity contribution in [1.82, 2.24) is 5.32 Å². The highest BCUT2D eigenvalue weighted by Crippen LogP contribution is 2.26. The number of benzene rings is 3. The van der Waals surface area contributed by atoms with Crippen molar-refractivity contribution >= 4 is 47.4 Å². The van der Waals surface area contributed by atoms with Gasteiger partial charge in [0.2, 0.25) is 0 Å². The molecule has 1 saturated heterocycles. The summed E-state index contributed by atoms with van der Waals surface area (Å²) in [5.41, 5.74) is 7.92. The molecule has 8 heteroatoms. The fourth-order valence-electron chi connectivity index (χ4n) is 3.87. The molecule has 32 heavy (non-hydrogen) atoms. The minimum atomic E-state index is -0.860. The maximum Gasteiger partial charge on any atom is 0.311 e. The van der Waals surface area contributed by atoms with Crippen molar-refractivity contribution in [3.63, 3.8) is 0 Å². The Kier molecular flexibility index (Phi) is 8.89. The van der Waals surface area contributed by atoms with Gasteiger partial charge in [0.1, 0.15) is 17.7 Å². The van der Waals surface area contributed by atoms with E-state index >= 15 is 0 Å². The minimum Gasteiger partial charge on any atom is -0.489 e. The molecule has 5 N–H and O–H groups in total. The van der Waals surface area contributed by atoms with E-state index in [0.29, 0.717) is 12.0 Å². The lowest BCUT2D eigenvalue weighted by molar-refractivity contribution is -0.138. The number of fused-ring (bicyclic) bond motifs is 1. The van der Waals surface area contributed by atoms with Crippen LogP contribution >= 0.6 is 24.8 Å². The predicted molar refractivity (Wildman–Crippen MR) is 132 cm³/mol.